The molecule has 0 atom stereocenters. The molecule has 0 saturated carbocycles. The highest BCUT2D eigenvalue weighted by Crippen LogP contribution is 2.27. The van der Waals surface area contributed by atoms with Crippen molar-refractivity contribution in [2.45, 2.75) is 26.2 Å². The minimum absolute atomic E-state index is 0.134. The fraction of sp³-hybridized carbons (Fsp3) is 0.267. The van der Waals surface area contributed by atoms with Crippen molar-refractivity contribution < 1.29 is 0 Å². The standard InChI is InChI=1S/C15H16BrN/c1-15(2,3)13-7-12(9-17-10-13)11-5-4-6-14(16)8-11/h4-10H,1-3H3. The largest absolute Gasteiger partial charge is 0.264 e. The molecule has 0 spiro atoms. The molecule has 0 aliphatic rings. The molecule has 2 rings (SSSR count). The summed E-state index contributed by atoms with van der Waals surface area (Å²) >= 11 is 3.50. The van der Waals surface area contributed by atoms with E-state index in [-0.39, 0.29) is 5.41 Å². The molecule has 2 heteroatoms. The van der Waals surface area contributed by atoms with E-state index in [9.17, 15) is 0 Å². The molecule has 0 aliphatic carbocycles. The van der Waals surface area contributed by atoms with Gasteiger partial charge in [-0.15, -0.1) is 0 Å². The Morgan fingerprint density at radius 3 is 2.41 bits per heavy atom. The Bertz CT molecular complexity index is 526. The van der Waals surface area contributed by atoms with E-state index in [1.54, 1.807) is 0 Å². The Hall–Kier alpha value is -1.15. The Balaban J connectivity index is 2.47. The summed E-state index contributed by atoms with van der Waals surface area (Å²) in [5, 5.41) is 0. The lowest BCUT2D eigenvalue weighted by Gasteiger charge is -2.19. The molecular formula is C15H16BrN. The van der Waals surface area contributed by atoms with Crippen molar-refractivity contribution in [1.82, 2.24) is 4.98 Å². The zero-order valence-corrected chi connectivity index (χ0v) is 12.0. The molecule has 0 fully saturated rings. The number of hydrogen-bond acceptors (Lipinski definition) is 1. The van der Waals surface area contributed by atoms with E-state index in [4.69, 9.17) is 0 Å². The topological polar surface area (TPSA) is 12.9 Å². The molecule has 2 aromatic rings. The number of rotatable bonds is 1. The lowest BCUT2D eigenvalue weighted by molar-refractivity contribution is 0.588. The van der Waals surface area contributed by atoms with Crippen LogP contribution in [0.4, 0.5) is 0 Å². The molecule has 0 saturated heterocycles. The average molecular weight is 290 g/mol. The van der Waals surface area contributed by atoms with Crippen molar-refractivity contribution in [3.05, 3.63) is 52.8 Å². The van der Waals surface area contributed by atoms with Crippen LogP contribution in [-0.2, 0) is 5.41 Å². The normalized spacial score (nSPS) is 11.5. The second-order valence-electron chi connectivity index (χ2n) is 5.22. The van der Waals surface area contributed by atoms with E-state index in [0.717, 1.165) is 4.47 Å². The number of aromatic nitrogens is 1. The van der Waals surface area contributed by atoms with E-state index < -0.39 is 0 Å². The third-order valence-corrected chi connectivity index (χ3v) is 3.26. The maximum atomic E-state index is 4.34. The first-order valence-electron chi connectivity index (χ1n) is 5.68. The second-order valence-corrected chi connectivity index (χ2v) is 6.14. The Labute approximate surface area is 111 Å². The number of benzene rings is 1. The smallest absolute Gasteiger partial charge is 0.0346 e. The molecule has 0 amide bonds. The van der Waals surface area contributed by atoms with Gasteiger partial charge in [-0.3, -0.25) is 4.98 Å². The molecule has 1 aromatic carbocycles. The first kappa shape index (κ1) is 12.3. The fourth-order valence-corrected chi connectivity index (χ4v) is 2.08. The predicted molar refractivity (Wildman–Crippen MR) is 76.1 cm³/mol. The van der Waals surface area contributed by atoms with Gasteiger partial charge in [0.2, 0.25) is 0 Å². The van der Waals surface area contributed by atoms with Gasteiger partial charge >= 0.3 is 0 Å². The van der Waals surface area contributed by atoms with Crippen molar-refractivity contribution in [2.24, 2.45) is 0 Å². The molecule has 1 nitrogen and oxygen atoms in total. The molecule has 0 unspecified atom stereocenters. The summed E-state index contributed by atoms with van der Waals surface area (Å²) in [6, 6.07) is 10.5. The van der Waals surface area contributed by atoms with Gasteiger partial charge in [-0.05, 0) is 34.7 Å². The van der Waals surface area contributed by atoms with Crippen LogP contribution >= 0.6 is 15.9 Å². The third kappa shape index (κ3) is 2.95. The van der Waals surface area contributed by atoms with Crippen LogP contribution in [0, 0.1) is 0 Å². The predicted octanol–water partition coefficient (Wildman–Crippen LogP) is 4.81. The first-order valence-corrected chi connectivity index (χ1v) is 6.47. The van der Waals surface area contributed by atoms with Gasteiger partial charge in [0, 0.05) is 22.4 Å². The molecular weight excluding hydrogens is 274 g/mol. The highest BCUT2D eigenvalue weighted by atomic mass is 79.9. The zero-order valence-electron chi connectivity index (χ0n) is 10.4. The third-order valence-electron chi connectivity index (χ3n) is 2.76. The van der Waals surface area contributed by atoms with Gasteiger partial charge in [-0.2, -0.15) is 0 Å². The van der Waals surface area contributed by atoms with Gasteiger partial charge in [0.25, 0.3) is 0 Å². The molecule has 1 heterocycles. The van der Waals surface area contributed by atoms with E-state index in [1.165, 1.54) is 16.7 Å². The lowest BCUT2D eigenvalue weighted by Crippen LogP contribution is -2.11. The van der Waals surface area contributed by atoms with Crippen LogP contribution in [0.5, 0.6) is 0 Å². The average Bonchev–Trinajstić information content (AvgIpc) is 2.28. The number of halogens is 1. The van der Waals surface area contributed by atoms with Crippen LogP contribution < -0.4 is 0 Å². The summed E-state index contributed by atoms with van der Waals surface area (Å²) < 4.78 is 1.09. The van der Waals surface area contributed by atoms with Crippen LogP contribution in [0.2, 0.25) is 0 Å². The molecule has 0 bridgehead atoms. The summed E-state index contributed by atoms with van der Waals surface area (Å²) in [4.78, 5) is 4.34. The van der Waals surface area contributed by atoms with E-state index in [1.807, 2.05) is 24.5 Å². The molecule has 0 radical (unpaired) electrons. The van der Waals surface area contributed by atoms with Gasteiger partial charge in [0.05, 0.1) is 0 Å². The van der Waals surface area contributed by atoms with Crippen molar-refractivity contribution >= 4 is 15.9 Å². The molecule has 0 aliphatic heterocycles. The minimum atomic E-state index is 0.134. The maximum absolute atomic E-state index is 4.34. The van der Waals surface area contributed by atoms with Gasteiger partial charge in [0.1, 0.15) is 0 Å². The second kappa shape index (κ2) is 4.61. The Kier molecular flexibility index (Phi) is 3.34. The highest BCUT2D eigenvalue weighted by Gasteiger charge is 2.14. The van der Waals surface area contributed by atoms with Crippen molar-refractivity contribution in [1.29, 1.82) is 0 Å². The first-order chi connectivity index (χ1) is 7.97. The highest BCUT2D eigenvalue weighted by molar-refractivity contribution is 9.10. The zero-order chi connectivity index (χ0) is 12.5. The SMILES string of the molecule is CC(C)(C)c1cncc(-c2cccc(Br)c2)c1. The summed E-state index contributed by atoms with van der Waals surface area (Å²) in [5.74, 6) is 0. The molecule has 17 heavy (non-hydrogen) atoms. The quantitative estimate of drug-likeness (QED) is 0.734. The van der Waals surface area contributed by atoms with Crippen molar-refractivity contribution in [2.75, 3.05) is 0 Å². The summed E-state index contributed by atoms with van der Waals surface area (Å²) in [5.41, 5.74) is 3.75. The van der Waals surface area contributed by atoms with E-state index in [2.05, 4.69) is 59.9 Å². The van der Waals surface area contributed by atoms with E-state index in [0.29, 0.717) is 0 Å². The minimum Gasteiger partial charge on any atom is -0.264 e. The maximum Gasteiger partial charge on any atom is 0.0346 e. The van der Waals surface area contributed by atoms with Crippen LogP contribution in [0.25, 0.3) is 11.1 Å². The van der Waals surface area contributed by atoms with Crippen LogP contribution in [0.3, 0.4) is 0 Å². The molecule has 88 valence electrons. The summed E-state index contributed by atoms with van der Waals surface area (Å²) in [7, 11) is 0. The van der Waals surface area contributed by atoms with Crippen LogP contribution in [-0.4, -0.2) is 4.98 Å². The number of nitrogens with zero attached hydrogens (tertiary/aromatic N) is 1. The summed E-state index contributed by atoms with van der Waals surface area (Å²) in [6.07, 6.45) is 3.86. The number of pyridine rings is 1. The number of hydrogen-bond donors (Lipinski definition) is 0. The van der Waals surface area contributed by atoms with E-state index >= 15 is 0 Å². The van der Waals surface area contributed by atoms with Gasteiger partial charge < -0.3 is 0 Å². The van der Waals surface area contributed by atoms with Gasteiger partial charge in [-0.25, -0.2) is 0 Å². The molecule has 1 aromatic heterocycles. The van der Waals surface area contributed by atoms with Gasteiger partial charge in [0.15, 0.2) is 0 Å². The lowest BCUT2D eigenvalue weighted by atomic mass is 9.87. The van der Waals surface area contributed by atoms with Crippen molar-refractivity contribution in [3.63, 3.8) is 0 Å². The van der Waals surface area contributed by atoms with Crippen LogP contribution in [0.1, 0.15) is 26.3 Å². The van der Waals surface area contributed by atoms with Crippen molar-refractivity contribution in [3.8, 4) is 11.1 Å². The molecule has 0 N–H and O–H groups in total. The summed E-state index contributed by atoms with van der Waals surface area (Å²) in [6.45, 7) is 6.61. The Morgan fingerprint density at radius 2 is 1.76 bits per heavy atom. The monoisotopic (exact) mass is 289 g/mol. The van der Waals surface area contributed by atoms with Gasteiger partial charge in [-0.1, -0.05) is 48.8 Å². The fourth-order valence-electron chi connectivity index (χ4n) is 1.68. The van der Waals surface area contributed by atoms with Crippen LogP contribution in [0.15, 0.2) is 47.2 Å². The Morgan fingerprint density at radius 1 is 1.00 bits per heavy atom.